The van der Waals surface area contributed by atoms with Crippen molar-refractivity contribution in [3.63, 3.8) is 0 Å². The molecule has 1 aromatic rings. The van der Waals surface area contributed by atoms with Crippen LogP contribution in [0.5, 0.6) is 5.75 Å². The molecule has 70 valence electrons. The molecule has 0 aliphatic rings. The van der Waals surface area contributed by atoms with Crippen LogP contribution in [0.4, 0.5) is 4.39 Å². The van der Waals surface area contributed by atoms with E-state index in [1.807, 2.05) is 6.92 Å². The van der Waals surface area contributed by atoms with Crippen LogP contribution in [-0.4, -0.2) is 10.9 Å². The van der Waals surface area contributed by atoms with Crippen molar-refractivity contribution in [2.24, 2.45) is 0 Å². The van der Waals surface area contributed by atoms with Gasteiger partial charge >= 0.3 is 0 Å². The lowest BCUT2D eigenvalue weighted by atomic mass is 10.1. The van der Waals surface area contributed by atoms with E-state index in [1.54, 1.807) is 0 Å². The molecule has 0 spiro atoms. The number of rotatable bonds is 3. The predicted octanol–water partition coefficient (Wildman–Crippen LogP) is 2.51. The fourth-order valence-electron chi connectivity index (χ4n) is 1.09. The summed E-state index contributed by atoms with van der Waals surface area (Å²) in [5.74, 6) is -1.04. The van der Waals surface area contributed by atoms with Crippen LogP contribution in [-0.2, 0) is 0 Å². The van der Waals surface area contributed by atoms with Gasteiger partial charge in [0.15, 0.2) is 5.78 Å². The molecule has 0 saturated carbocycles. The van der Waals surface area contributed by atoms with Crippen LogP contribution in [0.15, 0.2) is 18.2 Å². The Balaban J connectivity index is 2.95. The molecule has 0 atom stereocenters. The van der Waals surface area contributed by atoms with Crippen LogP contribution in [0.25, 0.3) is 0 Å². The number of carbonyl (C=O) groups excluding carboxylic acids is 1. The molecule has 0 aromatic heterocycles. The first kappa shape index (κ1) is 9.71. The lowest BCUT2D eigenvalue weighted by Gasteiger charge is -2.00. The Morgan fingerprint density at radius 3 is 2.77 bits per heavy atom. The third kappa shape index (κ3) is 2.28. The Kier molecular flexibility index (Phi) is 3.01. The summed E-state index contributed by atoms with van der Waals surface area (Å²) >= 11 is 0. The maximum absolute atomic E-state index is 13.0. The van der Waals surface area contributed by atoms with Gasteiger partial charge in [-0.05, 0) is 18.6 Å². The second-order valence-electron chi connectivity index (χ2n) is 2.84. The zero-order chi connectivity index (χ0) is 9.84. The van der Waals surface area contributed by atoms with Gasteiger partial charge in [-0.1, -0.05) is 6.92 Å². The van der Waals surface area contributed by atoms with Crippen LogP contribution in [0.2, 0.25) is 0 Å². The first-order chi connectivity index (χ1) is 6.15. The van der Waals surface area contributed by atoms with Crippen molar-refractivity contribution in [1.82, 2.24) is 0 Å². The standard InChI is InChI=1S/C10H11FO2/c1-2-3-10(13)8-5-4-7(12)6-9(8)11/h4-6,12H,2-3H2,1H3. The third-order valence-corrected chi connectivity index (χ3v) is 1.73. The lowest BCUT2D eigenvalue weighted by molar-refractivity contribution is 0.0978. The number of Topliss-reactive ketones (excluding diaryl/α,β-unsaturated/α-hetero) is 1. The van der Waals surface area contributed by atoms with Crippen molar-refractivity contribution in [2.75, 3.05) is 0 Å². The predicted molar refractivity (Wildman–Crippen MR) is 47.3 cm³/mol. The van der Waals surface area contributed by atoms with Crippen molar-refractivity contribution in [3.05, 3.63) is 29.6 Å². The van der Waals surface area contributed by atoms with Gasteiger partial charge in [-0.25, -0.2) is 4.39 Å². The number of carbonyl (C=O) groups is 1. The van der Waals surface area contributed by atoms with Gasteiger partial charge in [-0.15, -0.1) is 0 Å². The normalized spacial score (nSPS) is 10.0. The van der Waals surface area contributed by atoms with Crippen LogP contribution in [0, 0.1) is 5.82 Å². The van der Waals surface area contributed by atoms with Gasteiger partial charge in [-0.2, -0.15) is 0 Å². The lowest BCUT2D eigenvalue weighted by Crippen LogP contribution is -2.01. The van der Waals surface area contributed by atoms with Gasteiger partial charge in [0.05, 0.1) is 5.56 Å². The van der Waals surface area contributed by atoms with E-state index in [9.17, 15) is 9.18 Å². The van der Waals surface area contributed by atoms with E-state index in [1.165, 1.54) is 12.1 Å². The maximum Gasteiger partial charge on any atom is 0.165 e. The molecule has 0 radical (unpaired) electrons. The number of phenolic OH excluding ortho intramolecular Hbond substituents is 1. The molecule has 0 unspecified atom stereocenters. The highest BCUT2D eigenvalue weighted by Gasteiger charge is 2.10. The van der Waals surface area contributed by atoms with Gasteiger partial charge in [0.1, 0.15) is 11.6 Å². The molecule has 0 amide bonds. The van der Waals surface area contributed by atoms with E-state index < -0.39 is 5.82 Å². The van der Waals surface area contributed by atoms with Crippen LogP contribution in [0.3, 0.4) is 0 Å². The van der Waals surface area contributed by atoms with Gasteiger partial charge < -0.3 is 5.11 Å². The average Bonchev–Trinajstić information content (AvgIpc) is 2.04. The molecule has 1 rings (SSSR count). The van der Waals surface area contributed by atoms with Crippen molar-refractivity contribution in [1.29, 1.82) is 0 Å². The maximum atomic E-state index is 13.0. The molecule has 0 heterocycles. The minimum Gasteiger partial charge on any atom is -0.508 e. The second-order valence-corrected chi connectivity index (χ2v) is 2.84. The molecule has 1 aromatic carbocycles. The van der Waals surface area contributed by atoms with E-state index in [4.69, 9.17) is 5.11 Å². The van der Waals surface area contributed by atoms with E-state index in [0.717, 1.165) is 6.07 Å². The molecule has 2 nitrogen and oxygen atoms in total. The number of hydrogen-bond acceptors (Lipinski definition) is 2. The Morgan fingerprint density at radius 2 is 2.23 bits per heavy atom. The molecule has 0 bridgehead atoms. The zero-order valence-electron chi connectivity index (χ0n) is 7.38. The highest BCUT2D eigenvalue weighted by atomic mass is 19.1. The molecular formula is C10H11FO2. The van der Waals surface area contributed by atoms with Gasteiger partial charge in [-0.3, -0.25) is 4.79 Å². The molecule has 13 heavy (non-hydrogen) atoms. The van der Waals surface area contributed by atoms with Gasteiger partial charge in [0, 0.05) is 12.5 Å². The van der Waals surface area contributed by atoms with Crippen LogP contribution < -0.4 is 0 Å². The number of phenols is 1. The smallest absolute Gasteiger partial charge is 0.165 e. The molecule has 3 heteroatoms. The molecule has 0 aliphatic heterocycles. The minimum atomic E-state index is -0.654. The van der Waals surface area contributed by atoms with Crippen molar-refractivity contribution in [3.8, 4) is 5.75 Å². The quantitative estimate of drug-likeness (QED) is 0.729. The first-order valence-electron chi connectivity index (χ1n) is 4.17. The number of ketones is 1. The summed E-state index contributed by atoms with van der Waals surface area (Å²) < 4.78 is 13.0. The van der Waals surface area contributed by atoms with Gasteiger partial charge in [0.2, 0.25) is 0 Å². The number of halogens is 1. The minimum absolute atomic E-state index is 0.0552. The van der Waals surface area contributed by atoms with E-state index in [2.05, 4.69) is 0 Å². The Labute approximate surface area is 76.0 Å². The number of hydrogen-bond donors (Lipinski definition) is 1. The van der Waals surface area contributed by atoms with Crippen molar-refractivity contribution < 1.29 is 14.3 Å². The van der Waals surface area contributed by atoms with E-state index in [0.29, 0.717) is 12.8 Å². The molecule has 0 fully saturated rings. The summed E-state index contributed by atoms with van der Waals surface area (Å²) in [5, 5.41) is 8.90. The topological polar surface area (TPSA) is 37.3 Å². The second kappa shape index (κ2) is 4.03. The summed E-state index contributed by atoms with van der Waals surface area (Å²) in [6.45, 7) is 1.86. The fourth-order valence-corrected chi connectivity index (χ4v) is 1.09. The highest BCUT2D eigenvalue weighted by molar-refractivity contribution is 5.96. The highest BCUT2D eigenvalue weighted by Crippen LogP contribution is 2.16. The Hall–Kier alpha value is -1.38. The Morgan fingerprint density at radius 1 is 1.54 bits per heavy atom. The number of aromatic hydroxyl groups is 1. The zero-order valence-corrected chi connectivity index (χ0v) is 7.38. The molecule has 0 saturated heterocycles. The largest absolute Gasteiger partial charge is 0.508 e. The van der Waals surface area contributed by atoms with Crippen LogP contribution in [0.1, 0.15) is 30.1 Å². The van der Waals surface area contributed by atoms with Gasteiger partial charge in [0.25, 0.3) is 0 Å². The van der Waals surface area contributed by atoms with E-state index >= 15 is 0 Å². The monoisotopic (exact) mass is 182 g/mol. The molecule has 1 N–H and O–H groups in total. The SMILES string of the molecule is CCCC(=O)c1ccc(O)cc1F. The summed E-state index contributed by atoms with van der Waals surface area (Å²) in [6.07, 6.45) is 1.03. The van der Waals surface area contributed by atoms with Crippen molar-refractivity contribution in [2.45, 2.75) is 19.8 Å². The summed E-state index contributed by atoms with van der Waals surface area (Å²) in [4.78, 5) is 11.3. The first-order valence-corrected chi connectivity index (χ1v) is 4.17. The third-order valence-electron chi connectivity index (χ3n) is 1.73. The van der Waals surface area contributed by atoms with Crippen molar-refractivity contribution >= 4 is 5.78 Å². The average molecular weight is 182 g/mol. The molecular weight excluding hydrogens is 171 g/mol. The summed E-state index contributed by atoms with van der Waals surface area (Å²) in [6, 6.07) is 3.57. The Bertz CT molecular complexity index is 321. The fraction of sp³-hybridized carbons (Fsp3) is 0.300. The number of benzene rings is 1. The van der Waals surface area contributed by atoms with Crippen LogP contribution >= 0.6 is 0 Å². The van der Waals surface area contributed by atoms with E-state index in [-0.39, 0.29) is 17.1 Å². The molecule has 0 aliphatic carbocycles. The summed E-state index contributed by atoms with van der Waals surface area (Å²) in [5.41, 5.74) is 0.0552. The summed E-state index contributed by atoms with van der Waals surface area (Å²) in [7, 11) is 0.